The molecule has 0 spiro atoms. The van der Waals surface area contributed by atoms with Crippen LogP contribution in [0.4, 0.5) is 0 Å². The first-order valence-electron chi connectivity index (χ1n) is 5.77. The molecule has 0 aromatic heterocycles. The molecule has 0 aliphatic rings. The van der Waals surface area contributed by atoms with Gasteiger partial charge in [-0.15, -0.1) is 0 Å². The molecule has 0 aliphatic heterocycles. The summed E-state index contributed by atoms with van der Waals surface area (Å²) >= 11 is 3.50. The number of ether oxygens (including phenoxy) is 2. The Morgan fingerprint density at radius 1 is 1.35 bits per heavy atom. The second kappa shape index (κ2) is 8.64. The first-order chi connectivity index (χ1) is 8.24. The third-order valence-corrected chi connectivity index (χ3v) is 3.14. The van der Waals surface area contributed by atoms with Gasteiger partial charge in [-0.1, -0.05) is 34.1 Å². The van der Waals surface area contributed by atoms with Crippen molar-refractivity contribution in [1.82, 2.24) is 5.32 Å². The van der Waals surface area contributed by atoms with E-state index in [0.717, 1.165) is 17.6 Å². The standard InChI is InChI=1S/C13H20BrNO2/c1-11(9-16-2)15-7-8-17-10-12-5-3-4-6-13(12)14/h3-6,11,15H,7-10H2,1-2H3. The molecule has 0 fully saturated rings. The lowest BCUT2D eigenvalue weighted by atomic mass is 10.2. The van der Waals surface area contributed by atoms with Gasteiger partial charge in [0.15, 0.2) is 0 Å². The first kappa shape index (κ1) is 14.6. The summed E-state index contributed by atoms with van der Waals surface area (Å²) in [6, 6.07) is 8.47. The van der Waals surface area contributed by atoms with Crippen molar-refractivity contribution >= 4 is 15.9 Å². The van der Waals surface area contributed by atoms with Gasteiger partial charge < -0.3 is 14.8 Å². The van der Waals surface area contributed by atoms with E-state index >= 15 is 0 Å². The fraction of sp³-hybridized carbons (Fsp3) is 0.538. The van der Waals surface area contributed by atoms with Gasteiger partial charge in [-0.2, -0.15) is 0 Å². The Labute approximate surface area is 112 Å². The van der Waals surface area contributed by atoms with E-state index in [4.69, 9.17) is 9.47 Å². The summed E-state index contributed by atoms with van der Waals surface area (Å²) in [5, 5.41) is 3.32. The van der Waals surface area contributed by atoms with Crippen LogP contribution in [0.2, 0.25) is 0 Å². The number of halogens is 1. The molecule has 17 heavy (non-hydrogen) atoms. The van der Waals surface area contributed by atoms with Gasteiger partial charge in [0.1, 0.15) is 0 Å². The van der Waals surface area contributed by atoms with Crippen molar-refractivity contribution in [2.75, 3.05) is 26.9 Å². The minimum atomic E-state index is 0.368. The summed E-state index contributed by atoms with van der Waals surface area (Å²) in [6.07, 6.45) is 0. The van der Waals surface area contributed by atoms with Gasteiger partial charge in [-0.05, 0) is 18.6 Å². The molecule has 0 radical (unpaired) electrons. The minimum absolute atomic E-state index is 0.368. The Morgan fingerprint density at radius 3 is 2.82 bits per heavy atom. The highest BCUT2D eigenvalue weighted by atomic mass is 79.9. The molecule has 0 heterocycles. The highest BCUT2D eigenvalue weighted by Gasteiger charge is 2.00. The maximum Gasteiger partial charge on any atom is 0.0728 e. The van der Waals surface area contributed by atoms with Crippen LogP contribution in [0.1, 0.15) is 12.5 Å². The monoisotopic (exact) mass is 301 g/mol. The van der Waals surface area contributed by atoms with E-state index in [1.807, 2.05) is 18.2 Å². The Morgan fingerprint density at radius 2 is 2.12 bits per heavy atom. The number of methoxy groups -OCH3 is 1. The van der Waals surface area contributed by atoms with Gasteiger partial charge in [-0.25, -0.2) is 0 Å². The molecular formula is C13H20BrNO2. The van der Waals surface area contributed by atoms with Crippen LogP contribution in [0.5, 0.6) is 0 Å². The van der Waals surface area contributed by atoms with Gasteiger partial charge in [0, 0.05) is 24.2 Å². The predicted molar refractivity (Wildman–Crippen MR) is 73.1 cm³/mol. The third-order valence-electron chi connectivity index (χ3n) is 2.37. The van der Waals surface area contributed by atoms with Crippen LogP contribution >= 0.6 is 15.9 Å². The average molecular weight is 302 g/mol. The molecule has 1 rings (SSSR count). The maximum absolute atomic E-state index is 5.60. The molecule has 0 amide bonds. The molecule has 1 aromatic carbocycles. The summed E-state index contributed by atoms with van der Waals surface area (Å²) < 4.78 is 11.7. The van der Waals surface area contributed by atoms with Crippen molar-refractivity contribution in [3.63, 3.8) is 0 Å². The molecule has 0 bridgehead atoms. The molecular weight excluding hydrogens is 282 g/mol. The Kier molecular flexibility index (Phi) is 7.44. The molecule has 0 saturated carbocycles. The van der Waals surface area contributed by atoms with Crippen LogP contribution in [0.25, 0.3) is 0 Å². The van der Waals surface area contributed by atoms with Gasteiger partial charge in [0.05, 0.1) is 19.8 Å². The van der Waals surface area contributed by atoms with Gasteiger partial charge in [-0.3, -0.25) is 0 Å². The van der Waals surface area contributed by atoms with E-state index in [9.17, 15) is 0 Å². The molecule has 1 unspecified atom stereocenters. The van der Waals surface area contributed by atoms with Gasteiger partial charge in [0.25, 0.3) is 0 Å². The topological polar surface area (TPSA) is 30.5 Å². The largest absolute Gasteiger partial charge is 0.383 e. The van der Waals surface area contributed by atoms with Gasteiger partial charge >= 0.3 is 0 Å². The second-order valence-electron chi connectivity index (χ2n) is 3.95. The fourth-order valence-corrected chi connectivity index (χ4v) is 1.88. The van der Waals surface area contributed by atoms with Crippen LogP contribution in [0.15, 0.2) is 28.7 Å². The first-order valence-corrected chi connectivity index (χ1v) is 6.56. The van der Waals surface area contributed by atoms with E-state index in [-0.39, 0.29) is 0 Å². The summed E-state index contributed by atoms with van der Waals surface area (Å²) in [6.45, 7) is 5.01. The van der Waals surface area contributed by atoms with Crippen LogP contribution in [0, 0.1) is 0 Å². The summed E-state index contributed by atoms with van der Waals surface area (Å²) in [4.78, 5) is 0. The highest BCUT2D eigenvalue weighted by Crippen LogP contribution is 2.16. The number of hydrogen-bond acceptors (Lipinski definition) is 3. The fourth-order valence-electron chi connectivity index (χ4n) is 1.48. The summed E-state index contributed by atoms with van der Waals surface area (Å²) in [5.41, 5.74) is 1.18. The van der Waals surface area contributed by atoms with Crippen molar-refractivity contribution in [2.45, 2.75) is 19.6 Å². The molecule has 0 aliphatic carbocycles. The zero-order chi connectivity index (χ0) is 12.5. The second-order valence-corrected chi connectivity index (χ2v) is 4.81. The normalized spacial score (nSPS) is 12.6. The molecule has 3 nitrogen and oxygen atoms in total. The van der Waals surface area contributed by atoms with E-state index in [0.29, 0.717) is 19.3 Å². The van der Waals surface area contributed by atoms with E-state index in [1.54, 1.807) is 7.11 Å². The number of nitrogens with one attached hydrogen (secondary N) is 1. The Bertz CT molecular complexity index is 320. The third kappa shape index (κ3) is 6.17. The highest BCUT2D eigenvalue weighted by molar-refractivity contribution is 9.10. The quantitative estimate of drug-likeness (QED) is 0.749. The van der Waals surface area contributed by atoms with Crippen molar-refractivity contribution in [1.29, 1.82) is 0 Å². The van der Waals surface area contributed by atoms with Crippen molar-refractivity contribution in [3.05, 3.63) is 34.3 Å². The smallest absolute Gasteiger partial charge is 0.0728 e. The number of hydrogen-bond donors (Lipinski definition) is 1. The lowest BCUT2D eigenvalue weighted by molar-refractivity contribution is 0.114. The zero-order valence-electron chi connectivity index (χ0n) is 10.4. The maximum atomic E-state index is 5.60. The van der Waals surface area contributed by atoms with Gasteiger partial charge in [0.2, 0.25) is 0 Å². The lowest BCUT2D eigenvalue weighted by Crippen LogP contribution is -2.32. The average Bonchev–Trinajstić information content (AvgIpc) is 2.31. The van der Waals surface area contributed by atoms with Crippen LogP contribution in [-0.4, -0.2) is 32.9 Å². The molecule has 4 heteroatoms. The Hall–Kier alpha value is -0.420. The lowest BCUT2D eigenvalue weighted by Gasteiger charge is -2.12. The summed E-state index contributed by atoms with van der Waals surface area (Å²) in [5.74, 6) is 0. The molecule has 1 aromatic rings. The number of rotatable bonds is 8. The minimum Gasteiger partial charge on any atom is -0.383 e. The molecule has 1 atom stereocenters. The molecule has 0 saturated heterocycles. The van der Waals surface area contributed by atoms with Crippen LogP contribution < -0.4 is 5.32 Å². The van der Waals surface area contributed by atoms with Crippen LogP contribution in [0.3, 0.4) is 0 Å². The van der Waals surface area contributed by atoms with Crippen molar-refractivity contribution < 1.29 is 9.47 Å². The van der Waals surface area contributed by atoms with Crippen molar-refractivity contribution in [3.8, 4) is 0 Å². The predicted octanol–water partition coefficient (Wildman–Crippen LogP) is 2.59. The SMILES string of the molecule is COCC(C)NCCOCc1ccccc1Br. The van der Waals surface area contributed by atoms with E-state index in [2.05, 4.69) is 34.2 Å². The van der Waals surface area contributed by atoms with Crippen molar-refractivity contribution in [2.24, 2.45) is 0 Å². The molecule has 1 N–H and O–H groups in total. The van der Waals surface area contributed by atoms with E-state index < -0.39 is 0 Å². The molecule has 96 valence electrons. The van der Waals surface area contributed by atoms with Crippen LogP contribution in [-0.2, 0) is 16.1 Å². The Balaban J connectivity index is 2.10. The summed E-state index contributed by atoms with van der Waals surface area (Å²) in [7, 11) is 1.71. The van der Waals surface area contributed by atoms with E-state index in [1.165, 1.54) is 5.56 Å². The number of benzene rings is 1. The zero-order valence-corrected chi connectivity index (χ0v) is 12.0.